The molecule has 1 aliphatic heterocycles. The fourth-order valence-corrected chi connectivity index (χ4v) is 6.27. The predicted molar refractivity (Wildman–Crippen MR) is 108 cm³/mol. The molecule has 0 radical (unpaired) electrons. The van der Waals surface area contributed by atoms with Crippen molar-refractivity contribution in [2.45, 2.75) is 38.1 Å². The first-order chi connectivity index (χ1) is 13.0. The van der Waals surface area contributed by atoms with Crippen LogP contribution >= 0.6 is 0 Å². The summed E-state index contributed by atoms with van der Waals surface area (Å²) in [6.07, 6.45) is 3.49. The highest BCUT2D eigenvalue weighted by atomic mass is 32.2. The summed E-state index contributed by atoms with van der Waals surface area (Å²) >= 11 is 0. The third-order valence-corrected chi connectivity index (χ3v) is 7.61. The molecule has 2 aromatic rings. The van der Waals surface area contributed by atoms with E-state index in [1.54, 1.807) is 0 Å². The Morgan fingerprint density at radius 1 is 0.963 bits per heavy atom. The number of rotatable bonds is 4. The lowest BCUT2D eigenvalue weighted by Crippen LogP contribution is -2.42. The van der Waals surface area contributed by atoms with Crippen LogP contribution in [0.4, 0.5) is 5.69 Å². The maximum absolute atomic E-state index is 13.3. The van der Waals surface area contributed by atoms with Gasteiger partial charge in [0, 0.05) is 18.2 Å². The molecule has 0 saturated carbocycles. The summed E-state index contributed by atoms with van der Waals surface area (Å²) < 4.78 is 23.9. The van der Waals surface area contributed by atoms with Gasteiger partial charge in [0.2, 0.25) is 5.91 Å². The predicted octanol–water partition coefficient (Wildman–Crippen LogP) is 3.40. The first kappa shape index (κ1) is 18.2. The molecular weight excluding hydrogens is 358 g/mol. The van der Waals surface area contributed by atoms with E-state index in [-0.39, 0.29) is 29.4 Å². The normalized spacial score (nSPS) is 21.6. The molecule has 27 heavy (non-hydrogen) atoms. The van der Waals surface area contributed by atoms with Crippen LogP contribution in [-0.2, 0) is 27.5 Å². The molecule has 0 spiro atoms. The maximum Gasteiger partial charge on any atom is 0.227 e. The van der Waals surface area contributed by atoms with Gasteiger partial charge in [0.25, 0.3) is 0 Å². The zero-order valence-electron chi connectivity index (χ0n) is 15.4. The number of para-hydroxylation sites is 1. The molecule has 0 bridgehead atoms. The van der Waals surface area contributed by atoms with Crippen LogP contribution in [0, 0.1) is 5.92 Å². The van der Waals surface area contributed by atoms with Crippen molar-refractivity contribution in [1.82, 2.24) is 0 Å². The number of hydrogen-bond acceptors (Lipinski definition) is 3. The Bertz CT molecular complexity index is 899. The van der Waals surface area contributed by atoms with Crippen molar-refractivity contribution in [3.05, 3.63) is 65.7 Å². The van der Waals surface area contributed by atoms with E-state index in [1.165, 1.54) is 11.1 Å². The number of hydrogen-bond donors (Lipinski definition) is 0. The Hall–Kier alpha value is -2.14. The Morgan fingerprint density at radius 3 is 2.22 bits per heavy atom. The van der Waals surface area contributed by atoms with Gasteiger partial charge in [-0.05, 0) is 54.9 Å². The number of carbonyl (C=O) groups excluding carboxylic acids is 1. The average molecular weight is 384 g/mol. The van der Waals surface area contributed by atoms with Crippen LogP contribution in [0.1, 0.15) is 30.4 Å². The summed E-state index contributed by atoms with van der Waals surface area (Å²) in [4.78, 5) is 15.2. The lowest BCUT2D eigenvalue weighted by molar-refractivity contribution is -0.119. The lowest BCUT2D eigenvalue weighted by atomic mass is 9.99. The topological polar surface area (TPSA) is 54.5 Å². The van der Waals surface area contributed by atoms with Gasteiger partial charge < -0.3 is 4.90 Å². The standard InChI is InChI=1S/C22H25NO3S/c24-22(13-17-7-6-12-27(25,26)16-17)23(20-10-2-1-3-11-20)21-14-18-8-4-5-9-19(18)15-21/h1-5,8-11,17,21H,6-7,12-16H2. The van der Waals surface area contributed by atoms with E-state index in [1.807, 2.05) is 47.4 Å². The van der Waals surface area contributed by atoms with E-state index in [2.05, 4.69) is 12.1 Å². The molecule has 142 valence electrons. The maximum atomic E-state index is 13.3. The molecule has 2 aromatic carbocycles. The van der Waals surface area contributed by atoms with Crippen LogP contribution in [-0.4, -0.2) is 31.9 Å². The number of benzene rings is 2. The summed E-state index contributed by atoms with van der Waals surface area (Å²) in [7, 11) is -3.00. The number of sulfone groups is 1. The zero-order chi connectivity index (χ0) is 18.9. The number of nitrogens with zero attached hydrogens (tertiary/aromatic N) is 1. The molecule has 0 N–H and O–H groups in total. The highest BCUT2D eigenvalue weighted by Crippen LogP contribution is 2.31. The fraction of sp³-hybridized carbons (Fsp3) is 0.409. The van der Waals surface area contributed by atoms with Gasteiger partial charge in [-0.3, -0.25) is 4.79 Å². The molecular formula is C22H25NO3S. The average Bonchev–Trinajstić information content (AvgIpc) is 3.05. The molecule has 1 heterocycles. The zero-order valence-corrected chi connectivity index (χ0v) is 16.2. The fourth-order valence-electron chi connectivity index (χ4n) is 4.49. The monoisotopic (exact) mass is 383 g/mol. The van der Waals surface area contributed by atoms with E-state index in [0.717, 1.165) is 24.9 Å². The van der Waals surface area contributed by atoms with Crippen molar-refractivity contribution >= 4 is 21.4 Å². The number of anilines is 1. The summed E-state index contributed by atoms with van der Waals surface area (Å²) in [6, 6.07) is 18.2. The molecule has 0 aromatic heterocycles. The van der Waals surface area contributed by atoms with Crippen molar-refractivity contribution in [3.8, 4) is 0 Å². The molecule has 4 nitrogen and oxygen atoms in total. The molecule has 1 atom stereocenters. The van der Waals surface area contributed by atoms with Gasteiger partial charge in [0.05, 0.1) is 11.5 Å². The Morgan fingerprint density at radius 2 is 1.59 bits per heavy atom. The number of carbonyl (C=O) groups is 1. The van der Waals surface area contributed by atoms with Crippen LogP contribution in [0.25, 0.3) is 0 Å². The summed E-state index contributed by atoms with van der Waals surface area (Å²) in [5.41, 5.74) is 3.51. The molecule has 2 aliphatic rings. The van der Waals surface area contributed by atoms with Gasteiger partial charge in [-0.15, -0.1) is 0 Å². The van der Waals surface area contributed by atoms with Crippen LogP contribution in [0.2, 0.25) is 0 Å². The quantitative estimate of drug-likeness (QED) is 0.813. The minimum absolute atomic E-state index is 0.0427. The largest absolute Gasteiger partial charge is 0.309 e. The molecule has 1 aliphatic carbocycles. The van der Waals surface area contributed by atoms with E-state index in [9.17, 15) is 13.2 Å². The van der Waals surface area contributed by atoms with Gasteiger partial charge >= 0.3 is 0 Å². The van der Waals surface area contributed by atoms with Crippen molar-refractivity contribution in [3.63, 3.8) is 0 Å². The van der Waals surface area contributed by atoms with Crippen LogP contribution in [0.5, 0.6) is 0 Å². The van der Waals surface area contributed by atoms with E-state index in [0.29, 0.717) is 12.8 Å². The van der Waals surface area contributed by atoms with E-state index >= 15 is 0 Å². The lowest BCUT2D eigenvalue weighted by Gasteiger charge is -2.31. The minimum Gasteiger partial charge on any atom is -0.309 e. The smallest absolute Gasteiger partial charge is 0.227 e. The number of fused-ring (bicyclic) bond motifs is 1. The second-order valence-corrected chi connectivity index (χ2v) is 9.99. The molecule has 1 fully saturated rings. The minimum atomic E-state index is -3.00. The molecule has 1 saturated heterocycles. The summed E-state index contributed by atoms with van der Waals surface area (Å²) in [5, 5.41) is 0. The van der Waals surface area contributed by atoms with Gasteiger partial charge in [-0.1, -0.05) is 42.5 Å². The Kier molecular flexibility index (Phi) is 5.04. The third-order valence-electron chi connectivity index (χ3n) is 5.72. The highest BCUT2D eigenvalue weighted by molar-refractivity contribution is 7.91. The Labute approximate surface area is 161 Å². The Balaban J connectivity index is 1.57. The van der Waals surface area contributed by atoms with Gasteiger partial charge in [0.1, 0.15) is 0 Å². The van der Waals surface area contributed by atoms with Gasteiger partial charge in [0.15, 0.2) is 9.84 Å². The second kappa shape index (κ2) is 7.47. The van der Waals surface area contributed by atoms with Crippen molar-refractivity contribution in [2.24, 2.45) is 5.92 Å². The van der Waals surface area contributed by atoms with Gasteiger partial charge in [-0.2, -0.15) is 0 Å². The van der Waals surface area contributed by atoms with Crippen LogP contribution in [0.3, 0.4) is 0 Å². The molecule has 5 heteroatoms. The van der Waals surface area contributed by atoms with Crippen molar-refractivity contribution in [2.75, 3.05) is 16.4 Å². The van der Waals surface area contributed by atoms with E-state index < -0.39 is 9.84 Å². The summed E-state index contributed by atoms with van der Waals surface area (Å²) in [6.45, 7) is 0. The van der Waals surface area contributed by atoms with Gasteiger partial charge in [-0.25, -0.2) is 8.42 Å². The first-order valence-corrected chi connectivity index (χ1v) is 11.5. The molecule has 4 rings (SSSR count). The van der Waals surface area contributed by atoms with Crippen molar-refractivity contribution < 1.29 is 13.2 Å². The number of amides is 1. The van der Waals surface area contributed by atoms with Crippen LogP contribution in [0.15, 0.2) is 54.6 Å². The molecule has 1 amide bonds. The van der Waals surface area contributed by atoms with Crippen LogP contribution < -0.4 is 4.90 Å². The highest BCUT2D eigenvalue weighted by Gasteiger charge is 2.33. The third kappa shape index (κ3) is 4.08. The second-order valence-electron chi connectivity index (χ2n) is 7.76. The van der Waals surface area contributed by atoms with E-state index in [4.69, 9.17) is 0 Å². The SMILES string of the molecule is O=C(CC1CCCS(=O)(=O)C1)N(c1ccccc1)C1Cc2ccccc2C1. The molecule has 1 unspecified atom stereocenters. The summed E-state index contributed by atoms with van der Waals surface area (Å²) in [5.74, 6) is 0.386. The first-order valence-electron chi connectivity index (χ1n) is 9.66. The van der Waals surface area contributed by atoms with Crippen molar-refractivity contribution in [1.29, 1.82) is 0 Å².